The van der Waals surface area contributed by atoms with Gasteiger partial charge in [-0.05, 0) is 18.9 Å². The molecular formula is C15H23F3N4O2. The number of halogens is 3. The SMILES string of the molecule is CC(C)CN(CC(F)(F)F)C(=O)CN(C)C(=O)[C@@H](C)n1cccn1. The molecule has 0 aliphatic carbocycles. The Morgan fingerprint density at radius 1 is 1.25 bits per heavy atom. The van der Waals surface area contributed by atoms with Crippen LogP contribution in [-0.4, -0.2) is 64.3 Å². The molecule has 1 heterocycles. The number of hydrogen-bond acceptors (Lipinski definition) is 3. The average molecular weight is 348 g/mol. The molecule has 0 spiro atoms. The molecule has 2 amide bonds. The van der Waals surface area contributed by atoms with Crippen molar-refractivity contribution in [2.45, 2.75) is 33.0 Å². The van der Waals surface area contributed by atoms with E-state index in [1.165, 1.54) is 17.9 Å². The number of amides is 2. The number of carbonyl (C=O) groups is 2. The summed E-state index contributed by atoms with van der Waals surface area (Å²) in [5, 5.41) is 3.95. The minimum atomic E-state index is -4.48. The van der Waals surface area contributed by atoms with E-state index in [1.54, 1.807) is 33.0 Å². The highest BCUT2D eigenvalue weighted by Crippen LogP contribution is 2.18. The van der Waals surface area contributed by atoms with E-state index in [0.717, 1.165) is 9.80 Å². The Kier molecular flexibility index (Phi) is 6.80. The number of aromatic nitrogens is 2. The molecule has 0 saturated carbocycles. The van der Waals surface area contributed by atoms with Crippen LogP contribution in [0.25, 0.3) is 0 Å². The summed E-state index contributed by atoms with van der Waals surface area (Å²) in [6, 6.07) is 1.02. The van der Waals surface area contributed by atoms with Gasteiger partial charge in [-0.2, -0.15) is 18.3 Å². The predicted octanol–water partition coefficient (Wildman–Crippen LogP) is 1.95. The fourth-order valence-electron chi connectivity index (χ4n) is 2.23. The Hall–Kier alpha value is -2.06. The van der Waals surface area contributed by atoms with Crippen LogP contribution in [0.2, 0.25) is 0 Å². The summed E-state index contributed by atoms with van der Waals surface area (Å²) >= 11 is 0. The first-order valence-corrected chi connectivity index (χ1v) is 7.60. The lowest BCUT2D eigenvalue weighted by atomic mass is 10.2. The van der Waals surface area contributed by atoms with Crippen molar-refractivity contribution in [2.75, 3.05) is 26.7 Å². The van der Waals surface area contributed by atoms with Gasteiger partial charge in [-0.25, -0.2) is 0 Å². The minimum Gasteiger partial charge on any atom is -0.335 e. The van der Waals surface area contributed by atoms with Crippen LogP contribution in [0.3, 0.4) is 0 Å². The molecule has 1 atom stereocenters. The molecule has 0 aliphatic rings. The molecule has 1 aromatic heterocycles. The largest absolute Gasteiger partial charge is 0.406 e. The smallest absolute Gasteiger partial charge is 0.335 e. The molecular weight excluding hydrogens is 325 g/mol. The van der Waals surface area contributed by atoms with Gasteiger partial charge in [0.2, 0.25) is 11.8 Å². The molecule has 0 fully saturated rings. The van der Waals surface area contributed by atoms with Crippen LogP contribution < -0.4 is 0 Å². The fraction of sp³-hybridized carbons (Fsp3) is 0.667. The number of nitrogens with zero attached hydrogens (tertiary/aromatic N) is 4. The maximum atomic E-state index is 12.6. The topological polar surface area (TPSA) is 58.4 Å². The van der Waals surface area contributed by atoms with Crippen LogP contribution in [0.1, 0.15) is 26.8 Å². The van der Waals surface area contributed by atoms with E-state index >= 15 is 0 Å². The van der Waals surface area contributed by atoms with Gasteiger partial charge >= 0.3 is 6.18 Å². The molecule has 6 nitrogen and oxygen atoms in total. The summed E-state index contributed by atoms with van der Waals surface area (Å²) in [6.45, 7) is 3.32. The molecule has 0 saturated heterocycles. The minimum absolute atomic E-state index is 0.0188. The van der Waals surface area contributed by atoms with E-state index in [4.69, 9.17) is 0 Å². The Morgan fingerprint density at radius 3 is 2.33 bits per heavy atom. The number of hydrogen-bond donors (Lipinski definition) is 0. The van der Waals surface area contributed by atoms with E-state index in [-0.39, 0.29) is 12.5 Å². The van der Waals surface area contributed by atoms with Crippen molar-refractivity contribution in [2.24, 2.45) is 5.92 Å². The van der Waals surface area contributed by atoms with Crippen LogP contribution in [0.15, 0.2) is 18.5 Å². The Labute approximate surface area is 139 Å². The van der Waals surface area contributed by atoms with Crippen molar-refractivity contribution >= 4 is 11.8 Å². The number of alkyl halides is 3. The quantitative estimate of drug-likeness (QED) is 0.757. The second kappa shape index (κ2) is 8.16. The van der Waals surface area contributed by atoms with Crippen molar-refractivity contribution in [3.05, 3.63) is 18.5 Å². The third-order valence-corrected chi connectivity index (χ3v) is 3.34. The first-order chi connectivity index (χ1) is 11.0. The number of rotatable bonds is 7. The van der Waals surface area contributed by atoms with E-state index in [2.05, 4.69) is 5.10 Å². The Morgan fingerprint density at radius 2 is 1.88 bits per heavy atom. The van der Waals surface area contributed by atoms with Gasteiger partial charge in [0.05, 0.1) is 6.54 Å². The van der Waals surface area contributed by atoms with Crippen molar-refractivity contribution in [3.63, 3.8) is 0 Å². The maximum Gasteiger partial charge on any atom is 0.406 e. The van der Waals surface area contributed by atoms with Crippen LogP contribution in [-0.2, 0) is 9.59 Å². The maximum absolute atomic E-state index is 12.6. The molecule has 0 unspecified atom stereocenters. The number of likely N-dealkylation sites (N-methyl/N-ethyl adjacent to an activating group) is 1. The van der Waals surface area contributed by atoms with Gasteiger partial charge in [-0.1, -0.05) is 13.8 Å². The monoisotopic (exact) mass is 348 g/mol. The van der Waals surface area contributed by atoms with Crippen LogP contribution in [0.5, 0.6) is 0 Å². The molecule has 0 N–H and O–H groups in total. The Balaban J connectivity index is 2.72. The molecule has 9 heteroatoms. The third kappa shape index (κ3) is 6.21. The third-order valence-electron chi connectivity index (χ3n) is 3.34. The molecule has 24 heavy (non-hydrogen) atoms. The Bertz CT molecular complexity index is 543. The van der Waals surface area contributed by atoms with Gasteiger partial charge in [0.25, 0.3) is 0 Å². The van der Waals surface area contributed by atoms with Gasteiger partial charge < -0.3 is 9.80 Å². The van der Waals surface area contributed by atoms with E-state index in [1.807, 2.05) is 0 Å². The predicted molar refractivity (Wildman–Crippen MR) is 82.0 cm³/mol. The van der Waals surface area contributed by atoms with Crippen molar-refractivity contribution < 1.29 is 22.8 Å². The summed E-state index contributed by atoms with van der Waals surface area (Å²) in [5.41, 5.74) is 0. The first-order valence-electron chi connectivity index (χ1n) is 7.60. The molecule has 0 aromatic carbocycles. The molecule has 0 bridgehead atoms. The summed E-state index contributed by atoms with van der Waals surface area (Å²) in [6.07, 6.45) is -1.36. The van der Waals surface area contributed by atoms with Crippen molar-refractivity contribution in [1.82, 2.24) is 19.6 Å². The normalized spacial score (nSPS) is 13.0. The zero-order valence-corrected chi connectivity index (χ0v) is 14.2. The van der Waals surface area contributed by atoms with E-state index in [9.17, 15) is 22.8 Å². The summed E-state index contributed by atoms with van der Waals surface area (Å²) in [7, 11) is 1.39. The first kappa shape index (κ1) is 20.0. The van der Waals surface area contributed by atoms with Crippen molar-refractivity contribution in [3.8, 4) is 0 Å². The zero-order chi connectivity index (χ0) is 18.5. The van der Waals surface area contributed by atoms with Gasteiger partial charge in [0.1, 0.15) is 12.6 Å². The molecule has 1 aromatic rings. The highest BCUT2D eigenvalue weighted by Gasteiger charge is 2.34. The molecule has 136 valence electrons. The molecule has 1 rings (SSSR count). The molecule has 0 aliphatic heterocycles. The summed E-state index contributed by atoms with van der Waals surface area (Å²) in [4.78, 5) is 26.3. The van der Waals surface area contributed by atoms with Gasteiger partial charge in [0, 0.05) is 26.0 Å². The lowest BCUT2D eigenvalue weighted by molar-refractivity contribution is -0.163. The lowest BCUT2D eigenvalue weighted by Crippen LogP contribution is -2.47. The van der Waals surface area contributed by atoms with E-state index in [0.29, 0.717) is 0 Å². The summed E-state index contributed by atoms with van der Waals surface area (Å²) in [5.74, 6) is -1.24. The highest BCUT2D eigenvalue weighted by atomic mass is 19.4. The number of carbonyl (C=O) groups excluding carboxylic acids is 2. The van der Waals surface area contributed by atoms with E-state index < -0.39 is 37.1 Å². The lowest BCUT2D eigenvalue weighted by Gasteiger charge is -2.28. The summed E-state index contributed by atoms with van der Waals surface area (Å²) < 4.78 is 39.3. The van der Waals surface area contributed by atoms with Gasteiger partial charge in [-0.3, -0.25) is 14.3 Å². The second-order valence-corrected chi connectivity index (χ2v) is 6.14. The van der Waals surface area contributed by atoms with Crippen LogP contribution in [0.4, 0.5) is 13.2 Å². The van der Waals surface area contributed by atoms with Crippen LogP contribution >= 0.6 is 0 Å². The second-order valence-electron chi connectivity index (χ2n) is 6.14. The van der Waals surface area contributed by atoms with Crippen LogP contribution in [0, 0.1) is 5.92 Å². The fourth-order valence-corrected chi connectivity index (χ4v) is 2.23. The standard InChI is InChI=1S/C15H23F3N4O2/c1-11(2)8-21(10-15(16,17)18)13(23)9-20(4)14(24)12(3)22-7-5-6-19-22/h5-7,11-12H,8-10H2,1-4H3/t12-/m1/s1. The van der Waals surface area contributed by atoms with Gasteiger partial charge in [0.15, 0.2) is 0 Å². The molecule has 0 radical (unpaired) electrons. The average Bonchev–Trinajstić information content (AvgIpc) is 2.96. The van der Waals surface area contributed by atoms with Gasteiger partial charge in [-0.15, -0.1) is 0 Å². The highest BCUT2D eigenvalue weighted by molar-refractivity contribution is 5.86. The van der Waals surface area contributed by atoms with Crippen molar-refractivity contribution in [1.29, 1.82) is 0 Å². The zero-order valence-electron chi connectivity index (χ0n) is 14.2.